The van der Waals surface area contributed by atoms with Crippen molar-refractivity contribution in [2.45, 2.75) is 48.1 Å². The first kappa shape index (κ1) is 27.6. The SMILES string of the molecule is CC(C)(C)C(=O)OCOP(=O)(COCCn1cnc2ncnc(N)c21)OCOC(=O)C(C)(C)C. The van der Waals surface area contributed by atoms with Crippen molar-refractivity contribution in [3.05, 3.63) is 12.7 Å². The second kappa shape index (κ2) is 11.2. The Hall–Kier alpha value is -2.60. The highest BCUT2D eigenvalue weighted by molar-refractivity contribution is 7.53. The van der Waals surface area contributed by atoms with Crippen molar-refractivity contribution in [2.24, 2.45) is 10.8 Å². The van der Waals surface area contributed by atoms with E-state index in [1.54, 1.807) is 46.1 Å². The van der Waals surface area contributed by atoms with Gasteiger partial charge in [0.25, 0.3) is 0 Å². The molecule has 0 amide bonds. The third-order valence-electron chi connectivity index (χ3n) is 4.27. The van der Waals surface area contributed by atoms with Crippen LogP contribution in [0.3, 0.4) is 0 Å². The molecule has 0 bridgehead atoms. The first-order valence-corrected chi connectivity index (χ1v) is 12.2. The second-order valence-electron chi connectivity index (χ2n) is 9.37. The monoisotopic (exact) mass is 501 g/mol. The van der Waals surface area contributed by atoms with E-state index in [1.807, 2.05) is 0 Å². The van der Waals surface area contributed by atoms with E-state index in [0.29, 0.717) is 17.7 Å². The first-order chi connectivity index (χ1) is 15.7. The number of imidazole rings is 1. The van der Waals surface area contributed by atoms with E-state index in [-0.39, 0.29) is 12.4 Å². The molecule has 13 nitrogen and oxygen atoms in total. The highest BCUT2D eigenvalue weighted by Crippen LogP contribution is 2.48. The van der Waals surface area contributed by atoms with Crippen LogP contribution in [-0.2, 0) is 44.0 Å². The van der Waals surface area contributed by atoms with Crippen molar-refractivity contribution in [1.82, 2.24) is 19.5 Å². The van der Waals surface area contributed by atoms with Crippen molar-refractivity contribution in [1.29, 1.82) is 0 Å². The van der Waals surface area contributed by atoms with Gasteiger partial charge in [-0.05, 0) is 41.5 Å². The molecule has 0 aliphatic heterocycles. The molecule has 0 spiro atoms. The van der Waals surface area contributed by atoms with E-state index in [4.69, 9.17) is 29.0 Å². The van der Waals surface area contributed by atoms with Gasteiger partial charge in [-0.2, -0.15) is 0 Å². The van der Waals surface area contributed by atoms with Crippen molar-refractivity contribution >= 4 is 36.5 Å². The number of carbonyl (C=O) groups excluding carboxylic acids is 2. The standard InChI is InChI=1S/C20H32N5O8P/c1-19(2,3)17(26)30-11-32-34(28,33-12-31-18(27)20(4,5)6)13-29-8-7-25-10-24-16-14(25)15(21)22-9-23-16/h9-10H,7-8,11-13H2,1-6H3,(H2,21,22,23). The zero-order valence-corrected chi connectivity index (χ0v) is 21.2. The van der Waals surface area contributed by atoms with Crippen LogP contribution in [0, 0.1) is 10.8 Å². The number of esters is 2. The fourth-order valence-electron chi connectivity index (χ4n) is 2.31. The fourth-order valence-corrected chi connectivity index (χ4v) is 3.31. The number of rotatable bonds is 11. The molecule has 2 N–H and O–H groups in total. The Morgan fingerprint density at radius 3 is 2.06 bits per heavy atom. The molecule has 2 rings (SSSR count). The van der Waals surface area contributed by atoms with Gasteiger partial charge in [0.05, 0.1) is 23.8 Å². The Bertz CT molecular complexity index is 1010. The molecule has 0 aliphatic carbocycles. The van der Waals surface area contributed by atoms with Crippen LogP contribution in [-0.4, -0.2) is 58.0 Å². The van der Waals surface area contributed by atoms with E-state index >= 15 is 0 Å². The number of nitrogens with two attached hydrogens (primary N) is 1. The van der Waals surface area contributed by atoms with Crippen LogP contribution in [0.4, 0.5) is 5.82 Å². The zero-order valence-electron chi connectivity index (χ0n) is 20.3. The summed E-state index contributed by atoms with van der Waals surface area (Å²) in [6, 6.07) is 0. The van der Waals surface area contributed by atoms with Crippen LogP contribution < -0.4 is 5.73 Å². The lowest BCUT2D eigenvalue weighted by atomic mass is 9.98. The molecule has 34 heavy (non-hydrogen) atoms. The number of hydrogen-bond acceptors (Lipinski definition) is 12. The number of nitrogens with zero attached hydrogens (tertiary/aromatic N) is 4. The van der Waals surface area contributed by atoms with E-state index < -0.39 is 50.3 Å². The number of nitrogen functional groups attached to an aromatic ring is 1. The van der Waals surface area contributed by atoms with Gasteiger partial charge in [-0.25, -0.2) is 15.0 Å². The van der Waals surface area contributed by atoms with Gasteiger partial charge in [0, 0.05) is 6.54 Å². The van der Waals surface area contributed by atoms with Gasteiger partial charge in [0.2, 0.25) is 13.6 Å². The lowest BCUT2D eigenvalue weighted by Gasteiger charge is -2.22. The lowest BCUT2D eigenvalue weighted by Crippen LogP contribution is -2.25. The van der Waals surface area contributed by atoms with Gasteiger partial charge >= 0.3 is 19.5 Å². The third kappa shape index (κ3) is 8.01. The normalized spacial score (nSPS) is 12.6. The van der Waals surface area contributed by atoms with Gasteiger partial charge in [-0.3, -0.25) is 23.2 Å². The summed E-state index contributed by atoms with van der Waals surface area (Å²) in [5, 5.41) is 0. The minimum absolute atomic E-state index is 0.0834. The third-order valence-corrected chi connectivity index (χ3v) is 5.76. The first-order valence-electron chi connectivity index (χ1n) is 10.4. The number of carbonyl (C=O) groups is 2. The second-order valence-corrected chi connectivity index (χ2v) is 11.4. The van der Waals surface area contributed by atoms with Crippen molar-refractivity contribution in [3.8, 4) is 0 Å². The average molecular weight is 501 g/mol. The number of hydrogen-bond donors (Lipinski definition) is 1. The number of ether oxygens (including phenoxy) is 3. The predicted octanol–water partition coefficient (Wildman–Crippen LogP) is 2.70. The van der Waals surface area contributed by atoms with Crippen LogP contribution in [0.15, 0.2) is 12.7 Å². The Balaban J connectivity index is 1.95. The number of anilines is 1. The Labute approximate surface area is 197 Å². The number of fused-ring (bicyclic) bond motifs is 1. The van der Waals surface area contributed by atoms with Crippen molar-refractivity contribution in [2.75, 3.05) is 32.3 Å². The van der Waals surface area contributed by atoms with Crippen molar-refractivity contribution in [3.63, 3.8) is 0 Å². The maximum absolute atomic E-state index is 13.1. The summed E-state index contributed by atoms with van der Waals surface area (Å²) in [5.74, 6) is -0.835. The summed E-state index contributed by atoms with van der Waals surface area (Å²) in [4.78, 5) is 36.0. The summed E-state index contributed by atoms with van der Waals surface area (Å²) in [6.07, 6.45) is 2.37. The highest BCUT2D eigenvalue weighted by atomic mass is 31.2. The molecule has 0 fully saturated rings. The Kier molecular flexibility index (Phi) is 9.12. The molecule has 190 valence electrons. The van der Waals surface area contributed by atoms with Crippen molar-refractivity contribution < 1.29 is 37.4 Å². The minimum Gasteiger partial charge on any atom is -0.438 e. The molecule has 0 saturated heterocycles. The quantitative estimate of drug-likeness (QED) is 0.207. The molecule has 2 aromatic heterocycles. The van der Waals surface area contributed by atoms with E-state index in [2.05, 4.69) is 15.0 Å². The van der Waals surface area contributed by atoms with Gasteiger partial charge < -0.3 is 24.5 Å². The fraction of sp³-hybridized carbons (Fsp3) is 0.650. The van der Waals surface area contributed by atoms with Crippen LogP contribution in [0.2, 0.25) is 0 Å². The predicted molar refractivity (Wildman–Crippen MR) is 121 cm³/mol. The van der Waals surface area contributed by atoms with Crippen LogP contribution in [0.25, 0.3) is 11.2 Å². The molecule has 0 radical (unpaired) electrons. The lowest BCUT2D eigenvalue weighted by molar-refractivity contribution is -0.162. The van der Waals surface area contributed by atoms with Crippen LogP contribution >= 0.6 is 7.60 Å². The summed E-state index contributed by atoms with van der Waals surface area (Å²) < 4.78 is 40.7. The molecule has 14 heteroatoms. The Morgan fingerprint density at radius 1 is 0.971 bits per heavy atom. The average Bonchev–Trinajstić information content (AvgIpc) is 3.14. The molecule has 0 aliphatic rings. The smallest absolute Gasteiger partial charge is 0.361 e. The molecule has 0 unspecified atom stereocenters. The number of aromatic nitrogens is 4. The van der Waals surface area contributed by atoms with Gasteiger partial charge in [-0.1, -0.05) is 0 Å². The Morgan fingerprint density at radius 2 is 1.53 bits per heavy atom. The molecule has 0 saturated carbocycles. The van der Waals surface area contributed by atoms with Gasteiger partial charge in [0.15, 0.2) is 11.5 Å². The van der Waals surface area contributed by atoms with E-state index in [0.717, 1.165) is 0 Å². The van der Waals surface area contributed by atoms with Crippen LogP contribution in [0.5, 0.6) is 0 Å². The van der Waals surface area contributed by atoms with Gasteiger partial charge in [-0.15, -0.1) is 0 Å². The molecular formula is C20H32N5O8P. The molecule has 0 aromatic carbocycles. The maximum Gasteiger partial charge on any atom is 0.361 e. The molecule has 2 aromatic rings. The largest absolute Gasteiger partial charge is 0.438 e. The summed E-state index contributed by atoms with van der Waals surface area (Å²) in [5.41, 5.74) is 5.31. The zero-order chi connectivity index (χ0) is 25.6. The maximum atomic E-state index is 13.1. The van der Waals surface area contributed by atoms with E-state index in [9.17, 15) is 14.2 Å². The van der Waals surface area contributed by atoms with Gasteiger partial charge in [0.1, 0.15) is 18.2 Å². The van der Waals surface area contributed by atoms with E-state index in [1.165, 1.54) is 12.7 Å². The van der Waals surface area contributed by atoms with Crippen LogP contribution in [0.1, 0.15) is 41.5 Å². The summed E-state index contributed by atoms with van der Waals surface area (Å²) in [7, 11) is -3.95. The summed E-state index contributed by atoms with van der Waals surface area (Å²) >= 11 is 0. The topological polar surface area (TPSA) is 167 Å². The highest BCUT2D eigenvalue weighted by Gasteiger charge is 2.30. The minimum atomic E-state index is -3.95. The summed E-state index contributed by atoms with van der Waals surface area (Å²) in [6.45, 7) is 9.13. The molecule has 0 atom stereocenters. The molecular weight excluding hydrogens is 469 g/mol. The molecule has 2 heterocycles.